The van der Waals surface area contributed by atoms with E-state index in [1.54, 1.807) is 12.1 Å². The highest BCUT2D eigenvalue weighted by molar-refractivity contribution is 7.09. The van der Waals surface area contributed by atoms with Gasteiger partial charge in [-0.2, -0.15) is 4.37 Å². The maximum atomic E-state index is 13.2. The Bertz CT molecular complexity index is 877. The monoisotopic (exact) mass is 371 g/mol. The molecule has 0 saturated heterocycles. The van der Waals surface area contributed by atoms with Gasteiger partial charge in [-0.05, 0) is 35.4 Å². The summed E-state index contributed by atoms with van der Waals surface area (Å²) in [5, 5.41) is 10.4. The Morgan fingerprint density at radius 1 is 1.15 bits per heavy atom. The number of rotatable bonds is 6. The first-order valence-electron chi connectivity index (χ1n) is 8.41. The summed E-state index contributed by atoms with van der Waals surface area (Å²) < 4.78 is 17.6. The predicted molar refractivity (Wildman–Crippen MR) is 104 cm³/mol. The van der Waals surface area contributed by atoms with Gasteiger partial charge in [0.15, 0.2) is 0 Å². The van der Waals surface area contributed by atoms with Crippen LogP contribution in [-0.4, -0.2) is 28.1 Å². The average molecular weight is 371 g/mol. The molecule has 26 heavy (non-hydrogen) atoms. The van der Waals surface area contributed by atoms with E-state index >= 15 is 0 Å². The van der Waals surface area contributed by atoms with Crippen molar-refractivity contribution in [2.45, 2.75) is 25.7 Å². The highest BCUT2D eigenvalue weighted by Crippen LogP contribution is 2.27. The molecule has 0 fully saturated rings. The van der Waals surface area contributed by atoms with E-state index in [2.05, 4.69) is 28.1 Å². The number of nitrogens with zero attached hydrogens (tertiary/aromatic N) is 3. The normalized spacial score (nSPS) is 11.5. The molecule has 0 aliphatic carbocycles. The first-order chi connectivity index (χ1) is 12.3. The van der Waals surface area contributed by atoms with Crippen molar-refractivity contribution in [3.05, 3.63) is 71.3 Å². The molecular formula is C20H22FN3OS. The molecule has 4 nitrogen and oxygen atoms in total. The van der Waals surface area contributed by atoms with Crippen LogP contribution in [0.15, 0.2) is 48.5 Å². The second kappa shape index (κ2) is 7.41. The molecule has 0 radical (unpaired) electrons. The summed E-state index contributed by atoms with van der Waals surface area (Å²) in [6, 6.07) is 13.8. The number of anilines is 1. The summed E-state index contributed by atoms with van der Waals surface area (Å²) in [4.78, 5) is 6.70. The lowest BCUT2D eigenvalue weighted by Crippen LogP contribution is -2.34. The molecule has 0 atom stereocenters. The van der Waals surface area contributed by atoms with E-state index in [-0.39, 0.29) is 17.0 Å². The summed E-state index contributed by atoms with van der Waals surface area (Å²) in [5.41, 5.74) is 1.90. The molecule has 6 heteroatoms. The molecule has 0 aliphatic rings. The highest BCUT2D eigenvalue weighted by Gasteiger charge is 2.24. The van der Waals surface area contributed by atoms with Crippen molar-refractivity contribution in [2.75, 3.05) is 18.5 Å². The topological polar surface area (TPSA) is 49.2 Å². The lowest BCUT2D eigenvalue weighted by atomic mass is 9.84. The minimum Gasteiger partial charge on any atom is -0.508 e. The van der Waals surface area contributed by atoms with Crippen LogP contribution < -0.4 is 4.90 Å². The van der Waals surface area contributed by atoms with Crippen molar-refractivity contribution < 1.29 is 9.50 Å². The van der Waals surface area contributed by atoms with E-state index in [1.807, 2.05) is 31.3 Å². The Kier molecular flexibility index (Phi) is 5.23. The first-order valence-corrected chi connectivity index (χ1v) is 9.18. The average Bonchev–Trinajstić information content (AvgIpc) is 3.03. The van der Waals surface area contributed by atoms with Crippen molar-refractivity contribution >= 4 is 16.7 Å². The summed E-state index contributed by atoms with van der Waals surface area (Å²) in [7, 11) is 1.99. The Labute approximate surface area is 157 Å². The van der Waals surface area contributed by atoms with Crippen LogP contribution in [0, 0.1) is 5.82 Å². The molecule has 1 N–H and O–H groups in total. The van der Waals surface area contributed by atoms with Gasteiger partial charge in [-0.25, -0.2) is 9.37 Å². The number of likely N-dealkylation sites (N-methyl/N-ethyl adjacent to an activating group) is 1. The number of aromatic nitrogens is 2. The third kappa shape index (κ3) is 4.38. The van der Waals surface area contributed by atoms with Gasteiger partial charge in [-0.15, -0.1) is 0 Å². The van der Waals surface area contributed by atoms with E-state index in [0.717, 1.165) is 28.6 Å². The zero-order valence-electron chi connectivity index (χ0n) is 15.1. The van der Waals surface area contributed by atoms with Crippen molar-refractivity contribution in [3.8, 4) is 5.75 Å². The molecule has 0 bridgehead atoms. The van der Waals surface area contributed by atoms with Crippen LogP contribution in [0.25, 0.3) is 0 Å². The van der Waals surface area contributed by atoms with Gasteiger partial charge in [0.25, 0.3) is 0 Å². The van der Waals surface area contributed by atoms with Gasteiger partial charge < -0.3 is 10.0 Å². The van der Waals surface area contributed by atoms with Gasteiger partial charge in [-0.3, -0.25) is 0 Å². The van der Waals surface area contributed by atoms with Gasteiger partial charge in [0.2, 0.25) is 5.13 Å². The van der Waals surface area contributed by atoms with Crippen LogP contribution in [0.1, 0.15) is 30.8 Å². The third-order valence-electron chi connectivity index (χ3n) is 4.31. The molecule has 0 spiro atoms. The minimum absolute atomic E-state index is 0.153. The lowest BCUT2D eigenvalue weighted by molar-refractivity contribution is 0.474. The van der Waals surface area contributed by atoms with Gasteiger partial charge in [0.1, 0.15) is 17.4 Å². The molecule has 2 aromatic carbocycles. The first kappa shape index (κ1) is 18.3. The Morgan fingerprint density at radius 3 is 2.58 bits per heavy atom. The number of phenols is 1. The summed E-state index contributed by atoms with van der Waals surface area (Å²) in [6.45, 7) is 5.00. The quantitative estimate of drug-likeness (QED) is 0.698. The maximum Gasteiger partial charge on any atom is 0.204 e. The van der Waals surface area contributed by atoms with Crippen LogP contribution in [0.4, 0.5) is 9.52 Å². The number of aromatic hydroxyl groups is 1. The maximum absolute atomic E-state index is 13.2. The standard InChI is InChI=1S/C20H22FN3OS/c1-20(2,15-7-9-16(21)10-8-15)13-24(3)19-22-18(23-26-19)12-14-5-4-6-17(25)11-14/h4-11,25H,12-13H2,1-3H3. The van der Waals surface area contributed by atoms with Crippen molar-refractivity contribution in [2.24, 2.45) is 0 Å². The largest absolute Gasteiger partial charge is 0.508 e. The lowest BCUT2D eigenvalue weighted by Gasteiger charge is -2.30. The van der Waals surface area contributed by atoms with E-state index in [4.69, 9.17) is 0 Å². The molecule has 3 rings (SSSR count). The van der Waals surface area contributed by atoms with E-state index in [9.17, 15) is 9.50 Å². The van der Waals surface area contributed by atoms with Crippen LogP contribution in [-0.2, 0) is 11.8 Å². The number of phenolic OH excluding ortho intramolecular Hbond substituents is 1. The fourth-order valence-corrected chi connectivity index (χ4v) is 3.62. The molecule has 0 aliphatic heterocycles. The van der Waals surface area contributed by atoms with Gasteiger partial charge >= 0.3 is 0 Å². The van der Waals surface area contributed by atoms with Crippen LogP contribution in [0.3, 0.4) is 0 Å². The van der Waals surface area contributed by atoms with Gasteiger partial charge in [-0.1, -0.05) is 38.1 Å². The van der Waals surface area contributed by atoms with E-state index < -0.39 is 0 Å². The molecule has 0 unspecified atom stereocenters. The zero-order valence-corrected chi connectivity index (χ0v) is 15.9. The summed E-state index contributed by atoms with van der Waals surface area (Å²) in [5.74, 6) is 0.761. The van der Waals surface area contributed by atoms with E-state index in [1.165, 1.54) is 23.7 Å². The number of hydrogen-bond acceptors (Lipinski definition) is 5. The molecule has 3 aromatic rings. The smallest absolute Gasteiger partial charge is 0.204 e. The SMILES string of the molecule is CN(CC(C)(C)c1ccc(F)cc1)c1nc(Cc2cccc(O)c2)ns1. The second-order valence-electron chi connectivity index (χ2n) is 7.09. The van der Waals surface area contributed by atoms with Crippen LogP contribution in [0.5, 0.6) is 5.75 Å². The Morgan fingerprint density at radius 2 is 1.88 bits per heavy atom. The fourth-order valence-electron chi connectivity index (χ4n) is 2.97. The number of hydrogen-bond donors (Lipinski definition) is 1. The molecule has 0 amide bonds. The van der Waals surface area contributed by atoms with Crippen LogP contribution >= 0.6 is 11.5 Å². The van der Waals surface area contributed by atoms with Crippen molar-refractivity contribution in [1.29, 1.82) is 0 Å². The van der Waals surface area contributed by atoms with E-state index in [0.29, 0.717) is 6.42 Å². The Balaban J connectivity index is 1.69. The number of halogens is 1. The zero-order chi connectivity index (χ0) is 18.7. The molecule has 1 aromatic heterocycles. The third-order valence-corrected chi connectivity index (χ3v) is 5.18. The molecule has 1 heterocycles. The summed E-state index contributed by atoms with van der Waals surface area (Å²) in [6.07, 6.45) is 0.583. The Hall–Kier alpha value is -2.47. The van der Waals surface area contributed by atoms with Crippen LogP contribution in [0.2, 0.25) is 0 Å². The molecule has 136 valence electrons. The fraction of sp³-hybridized carbons (Fsp3) is 0.300. The second-order valence-corrected chi connectivity index (χ2v) is 7.82. The van der Waals surface area contributed by atoms with Gasteiger partial charge in [0.05, 0.1) is 0 Å². The van der Waals surface area contributed by atoms with Crippen molar-refractivity contribution in [1.82, 2.24) is 9.36 Å². The highest BCUT2D eigenvalue weighted by atomic mass is 32.1. The predicted octanol–water partition coefficient (Wildman–Crippen LogP) is 4.39. The van der Waals surface area contributed by atoms with Gasteiger partial charge in [0, 0.05) is 37.0 Å². The van der Waals surface area contributed by atoms with Crippen molar-refractivity contribution in [3.63, 3.8) is 0 Å². The number of benzene rings is 2. The molecular weight excluding hydrogens is 349 g/mol. The molecule has 0 saturated carbocycles. The minimum atomic E-state index is -0.224. The summed E-state index contributed by atoms with van der Waals surface area (Å²) >= 11 is 1.36.